The normalized spacial score (nSPS) is 20.8. The second kappa shape index (κ2) is 4.78. The first-order valence-corrected chi connectivity index (χ1v) is 7.53. The molecule has 1 aliphatic carbocycles. The van der Waals surface area contributed by atoms with E-state index in [2.05, 4.69) is 45.0 Å². The van der Waals surface area contributed by atoms with Crippen molar-refractivity contribution in [2.75, 3.05) is 6.54 Å². The topological polar surface area (TPSA) is 29.9 Å². The molecule has 1 heterocycles. The smallest absolute Gasteiger partial charge is 0.0860 e. The third-order valence-electron chi connectivity index (χ3n) is 5.41. The van der Waals surface area contributed by atoms with Crippen molar-refractivity contribution >= 4 is 11.6 Å². The van der Waals surface area contributed by atoms with Gasteiger partial charge in [-0.15, -0.1) is 0 Å². The molecule has 0 spiro atoms. The largest absolute Gasteiger partial charge is 0.311 e. The van der Waals surface area contributed by atoms with E-state index < -0.39 is 0 Å². The van der Waals surface area contributed by atoms with Crippen LogP contribution in [0.5, 0.6) is 0 Å². The van der Waals surface area contributed by atoms with Crippen molar-refractivity contribution in [1.29, 1.82) is 0 Å². The lowest BCUT2D eigenvalue weighted by Crippen LogP contribution is -2.21. The van der Waals surface area contributed by atoms with E-state index in [0.29, 0.717) is 10.8 Å². The molecule has 0 bridgehead atoms. The number of hydrogen-bond acceptors (Lipinski definition) is 2. The molecule has 0 atom stereocenters. The maximum Gasteiger partial charge on any atom is 0.0860 e. The molecule has 19 heavy (non-hydrogen) atoms. The Morgan fingerprint density at radius 3 is 2.32 bits per heavy atom. The minimum absolute atomic E-state index is 0.435. The second-order valence-electron chi connectivity index (χ2n) is 6.79. The summed E-state index contributed by atoms with van der Waals surface area (Å²) in [4.78, 5) is 0. The van der Waals surface area contributed by atoms with Gasteiger partial charge in [-0.2, -0.15) is 5.10 Å². The predicted molar refractivity (Wildman–Crippen MR) is 80.4 cm³/mol. The molecule has 108 valence electrons. The van der Waals surface area contributed by atoms with Crippen molar-refractivity contribution < 1.29 is 0 Å². The Labute approximate surface area is 121 Å². The quantitative estimate of drug-likeness (QED) is 0.894. The average molecular weight is 284 g/mol. The molecule has 1 saturated carbocycles. The van der Waals surface area contributed by atoms with E-state index in [1.165, 1.54) is 0 Å². The lowest BCUT2D eigenvalue weighted by molar-refractivity contribution is 0.457. The minimum Gasteiger partial charge on any atom is -0.311 e. The van der Waals surface area contributed by atoms with Crippen LogP contribution < -0.4 is 5.32 Å². The Morgan fingerprint density at radius 1 is 1.26 bits per heavy atom. The lowest BCUT2D eigenvalue weighted by atomic mass is 10.0. The van der Waals surface area contributed by atoms with Gasteiger partial charge in [0.15, 0.2) is 0 Å². The fourth-order valence-corrected chi connectivity index (χ4v) is 3.42. The zero-order chi connectivity index (χ0) is 14.4. The monoisotopic (exact) mass is 283 g/mol. The molecule has 3 nitrogen and oxygen atoms in total. The highest BCUT2D eigenvalue weighted by molar-refractivity contribution is 6.31. The standard InChI is InChI=1S/C15H26ClN3/c1-7-19-11(13(16)10(2)18-19)8-17-9-12-14(3,4)15(12,5)6/h12,17H,7-9H2,1-6H3. The molecule has 0 unspecified atom stereocenters. The first-order valence-electron chi connectivity index (χ1n) is 7.16. The van der Waals surface area contributed by atoms with Gasteiger partial charge in [-0.25, -0.2) is 0 Å². The van der Waals surface area contributed by atoms with E-state index in [0.717, 1.165) is 42.0 Å². The zero-order valence-electron chi connectivity index (χ0n) is 13.0. The van der Waals surface area contributed by atoms with Crippen LogP contribution in [-0.4, -0.2) is 16.3 Å². The van der Waals surface area contributed by atoms with Crippen LogP contribution in [0.15, 0.2) is 0 Å². The molecule has 4 heteroatoms. The van der Waals surface area contributed by atoms with Crippen LogP contribution in [0.2, 0.25) is 5.02 Å². The first-order chi connectivity index (χ1) is 8.73. The SMILES string of the molecule is CCn1nc(C)c(Cl)c1CNCC1C(C)(C)C1(C)C. The summed E-state index contributed by atoms with van der Waals surface area (Å²) in [7, 11) is 0. The van der Waals surface area contributed by atoms with Gasteiger partial charge in [0.2, 0.25) is 0 Å². The molecule has 0 saturated heterocycles. The summed E-state index contributed by atoms with van der Waals surface area (Å²) in [6.45, 7) is 16.2. The van der Waals surface area contributed by atoms with Crippen LogP contribution in [-0.2, 0) is 13.1 Å². The molecule has 1 N–H and O–H groups in total. The lowest BCUT2D eigenvalue weighted by Gasteiger charge is -2.08. The van der Waals surface area contributed by atoms with Gasteiger partial charge in [0.05, 0.1) is 16.4 Å². The average Bonchev–Trinajstić information content (AvgIpc) is 2.59. The second-order valence-corrected chi connectivity index (χ2v) is 7.17. The fourth-order valence-electron chi connectivity index (χ4n) is 3.22. The molecule has 0 amide bonds. The molecule has 1 aromatic rings. The maximum atomic E-state index is 6.31. The molecular formula is C15H26ClN3. The Hall–Kier alpha value is -0.540. The van der Waals surface area contributed by atoms with Crippen molar-refractivity contribution in [3.8, 4) is 0 Å². The van der Waals surface area contributed by atoms with E-state index in [1.54, 1.807) is 0 Å². The number of aromatic nitrogens is 2. The van der Waals surface area contributed by atoms with E-state index >= 15 is 0 Å². The Balaban J connectivity index is 1.94. The van der Waals surface area contributed by atoms with Crippen LogP contribution in [0.4, 0.5) is 0 Å². The number of halogens is 1. The third kappa shape index (κ3) is 2.31. The first kappa shape index (κ1) is 14.9. The maximum absolute atomic E-state index is 6.31. The van der Waals surface area contributed by atoms with Crippen LogP contribution in [0.1, 0.15) is 46.0 Å². The molecule has 0 aliphatic heterocycles. The van der Waals surface area contributed by atoms with E-state index in [4.69, 9.17) is 11.6 Å². The van der Waals surface area contributed by atoms with Crippen molar-refractivity contribution in [1.82, 2.24) is 15.1 Å². The summed E-state index contributed by atoms with van der Waals surface area (Å²) in [5, 5.41) is 8.81. The van der Waals surface area contributed by atoms with Gasteiger partial charge < -0.3 is 5.32 Å². The van der Waals surface area contributed by atoms with Crippen molar-refractivity contribution in [2.24, 2.45) is 16.7 Å². The summed E-state index contributed by atoms with van der Waals surface area (Å²) >= 11 is 6.31. The van der Waals surface area contributed by atoms with Crippen molar-refractivity contribution in [3.63, 3.8) is 0 Å². The number of aryl methyl sites for hydroxylation is 2. The van der Waals surface area contributed by atoms with Gasteiger partial charge in [-0.05, 0) is 37.1 Å². The van der Waals surface area contributed by atoms with Gasteiger partial charge in [0.25, 0.3) is 0 Å². The van der Waals surface area contributed by atoms with Crippen molar-refractivity contribution in [2.45, 2.75) is 54.6 Å². The number of nitrogens with one attached hydrogen (secondary N) is 1. The molecular weight excluding hydrogens is 258 g/mol. The van der Waals surface area contributed by atoms with Gasteiger partial charge in [0, 0.05) is 13.1 Å². The summed E-state index contributed by atoms with van der Waals surface area (Å²) in [6.07, 6.45) is 0. The highest BCUT2D eigenvalue weighted by Crippen LogP contribution is 2.67. The van der Waals surface area contributed by atoms with Gasteiger partial charge in [0.1, 0.15) is 0 Å². The molecule has 0 aromatic carbocycles. The van der Waals surface area contributed by atoms with Gasteiger partial charge >= 0.3 is 0 Å². The summed E-state index contributed by atoms with van der Waals surface area (Å²) < 4.78 is 1.99. The highest BCUT2D eigenvalue weighted by Gasteiger charge is 2.63. The predicted octanol–water partition coefficient (Wildman–Crippen LogP) is 3.64. The van der Waals surface area contributed by atoms with Crippen LogP contribution >= 0.6 is 11.6 Å². The molecule has 0 radical (unpaired) electrons. The third-order valence-corrected chi connectivity index (χ3v) is 5.91. The number of hydrogen-bond donors (Lipinski definition) is 1. The van der Waals surface area contributed by atoms with Crippen molar-refractivity contribution in [3.05, 3.63) is 16.4 Å². The fraction of sp³-hybridized carbons (Fsp3) is 0.800. The van der Waals surface area contributed by atoms with Crippen LogP contribution in [0.25, 0.3) is 0 Å². The highest BCUT2D eigenvalue weighted by atomic mass is 35.5. The minimum atomic E-state index is 0.435. The van der Waals surface area contributed by atoms with E-state index in [-0.39, 0.29) is 0 Å². The van der Waals surface area contributed by atoms with E-state index in [1.807, 2.05) is 11.6 Å². The summed E-state index contributed by atoms with van der Waals surface area (Å²) in [6, 6.07) is 0. The Morgan fingerprint density at radius 2 is 1.84 bits per heavy atom. The molecule has 1 aliphatic rings. The Bertz CT molecular complexity index is 460. The van der Waals surface area contributed by atoms with E-state index in [9.17, 15) is 0 Å². The van der Waals surface area contributed by atoms with Gasteiger partial charge in [-0.1, -0.05) is 39.3 Å². The van der Waals surface area contributed by atoms with Crippen LogP contribution in [0.3, 0.4) is 0 Å². The number of rotatable bonds is 5. The molecule has 1 aromatic heterocycles. The molecule has 2 rings (SSSR count). The zero-order valence-corrected chi connectivity index (χ0v) is 13.7. The van der Waals surface area contributed by atoms with Crippen LogP contribution in [0, 0.1) is 23.7 Å². The van der Waals surface area contributed by atoms with Gasteiger partial charge in [-0.3, -0.25) is 4.68 Å². The summed E-state index contributed by atoms with van der Waals surface area (Å²) in [5.41, 5.74) is 2.90. The summed E-state index contributed by atoms with van der Waals surface area (Å²) in [5.74, 6) is 0.734. The Kier molecular flexibility index (Phi) is 3.74. The number of nitrogens with zero attached hydrogens (tertiary/aromatic N) is 2. The molecule has 1 fully saturated rings.